The summed E-state index contributed by atoms with van der Waals surface area (Å²) in [6, 6.07) is 0. The predicted molar refractivity (Wildman–Crippen MR) is 80.0 cm³/mol. The standard InChI is InChI=1S/C14H22N4O2S/c1-11-15-16-13(21-11)10-17-4-2-12(3-5-17)14(19)18-6-8-20-9-7-18/h12H,2-10H2,1H3. The van der Waals surface area contributed by atoms with Gasteiger partial charge in [0.05, 0.1) is 19.8 Å². The van der Waals surface area contributed by atoms with Gasteiger partial charge in [0.25, 0.3) is 0 Å². The lowest BCUT2D eigenvalue weighted by atomic mass is 9.95. The molecule has 0 saturated carbocycles. The van der Waals surface area contributed by atoms with E-state index in [1.54, 1.807) is 11.3 Å². The van der Waals surface area contributed by atoms with Gasteiger partial charge in [0.15, 0.2) is 0 Å². The number of aromatic nitrogens is 2. The van der Waals surface area contributed by atoms with Crippen molar-refractivity contribution in [3.8, 4) is 0 Å². The van der Waals surface area contributed by atoms with Crippen LogP contribution in [0.15, 0.2) is 0 Å². The van der Waals surface area contributed by atoms with Gasteiger partial charge in [-0.3, -0.25) is 9.69 Å². The Morgan fingerprint density at radius 1 is 1.24 bits per heavy atom. The molecular formula is C14H22N4O2S. The number of likely N-dealkylation sites (tertiary alicyclic amines) is 1. The number of ether oxygens (including phenoxy) is 1. The Bertz CT molecular complexity index is 479. The molecule has 0 aliphatic carbocycles. The Balaban J connectivity index is 1.47. The molecule has 2 saturated heterocycles. The Morgan fingerprint density at radius 3 is 2.57 bits per heavy atom. The largest absolute Gasteiger partial charge is 0.378 e. The van der Waals surface area contributed by atoms with Crippen LogP contribution in [-0.2, 0) is 16.1 Å². The summed E-state index contributed by atoms with van der Waals surface area (Å²) >= 11 is 1.66. The van der Waals surface area contributed by atoms with Gasteiger partial charge in [-0.25, -0.2) is 0 Å². The van der Waals surface area contributed by atoms with Crippen molar-refractivity contribution in [2.75, 3.05) is 39.4 Å². The van der Waals surface area contributed by atoms with E-state index in [2.05, 4.69) is 15.1 Å². The number of carbonyl (C=O) groups is 1. The number of amides is 1. The maximum atomic E-state index is 12.5. The van der Waals surface area contributed by atoms with E-state index < -0.39 is 0 Å². The molecule has 0 N–H and O–H groups in total. The first-order valence-electron chi connectivity index (χ1n) is 7.60. The smallest absolute Gasteiger partial charge is 0.225 e. The van der Waals surface area contributed by atoms with Crippen LogP contribution in [0.25, 0.3) is 0 Å². The van der Waals surface area contributed by atoms with Gasteiger partial charge in [-0.15, -0.1) is 21.5 Å². The van der Waals surface area contributed by atoms with E-state index in [0.29, 0.717) is 19.1 Å². The number of hydrogen-bond acceptors (Lipinski definition) is 6. The van der Waals surface area contributed by atoms with Crippen LogP contribution < -0.4 is 0 Å². The van der Waals surface area contributed by atoms with Gasteiger partial charge in [0, 0.05) is 19.0 Å². The van der Waals surface area contributed by atoms with Crippen LogP contribution in [0.2, 0.25) is 0 Å². The third-order valence-corrected chi connectivity index (χ3v) is 5.01. The summed E-state index contributed by atoms with van der Waals surface area (Å²) in [7, 11) is 0. The molecule has 1 aromatic heterocycles. The summed E-state index contributed by atoms with van der Waals surface area (Å²) in [4.78, 5) is 16.8. The highest BCUT2D eigenvalue weighted by molar-refractivity contribution is 7.11. The first-order chi connectivity index (χ1) is 10.2. The molecule has 2 aliphatic rings. The van der Waals surface area contributed by atoms with E-state index in [0.717, 1.165) is 55.6 Å². The van der Waals surface area contributed by atoms with Gasteiger partial charge >= 0.3 is 0 Å². The molecule has 2 fully saturated rings. The fraction of sp³-hybridized carbons (Fsp3) is 0.786. The Kier molecular flexibility index (Phi) is 4.82. The van der Waals surface area contributed by atoms with Crippen molar-refractivity contribution >= 4 is 17.2 Å². The average Bonchev–Trinajstić information content (AvgIpc) is 2.93. The molecule has 3 heterocycles. The molecule has 116 valence electrons. The summed E-state index contributed by atoms with van der Waals surface area (Å²) in [6.07, 6.45) is 1.90. The number of nitrogens with zero attached hydrogens (tertiary/aromatic N) is 4. The molecule has 1 amide bonds. The number of piperidine rings is 1. The first kappa shape index (κ1) is 14.9. The molecule has 21 heavy (non-hydrogen) atoms. The lowest BCUT2D eigenvalue weighted by Gasteiger charge is -2.35. The highest BCUT2D eigenvalue weighted by Crippen LogP contribution is 2.22. The van der Waals surface area contributed by atoms with E-state index in [1.165, 1.54) is 0 Å². The lowest BCUT2D eigenvalue weighted by molar-refractivity contribution is -0.141. The topological polar surface area (TPSA) is 58.6 Å². The zero-order valence-corrected chi connectivity index (χ0v) is 13.3. The monoisotopic (exact) mass is 310 g/mol. The summed E-state index contributed by atoms with van der Waals surface area (Å²) in [6.45, 7) is 7.66. The Morgan fingerprint density at radius 2 is 1.95 bits per heavy atom. The number of morpholine rings is 1. The molecule has 2 aliphatic heterocycles. The first-order valence-corrected chi connectivity index (χ1v) is 8.42. The maximum Gasteiger partial charge on any atom is 0.225 e. The zero-order valence-electron chi connectivity index (χ0n) is 12.5. The number of hydrogen-bond donors (Lipinski definition) is 0. The third kappa shape index (κ3) is 3.78. The molecule has 1 aromatic rings. The summed E-state index contributed by atoms with van der Waals surface area (Å²) < 4.78 is 5.31. The molecule has 0 unspecified atom stereocenters. The van der Waals surface area contributed by atoms with Gasteiger partial charge < -0.3 is 9.64 Å². The summed E-state index contributed by atoms with van der Waals surface area (Å²) in [5.74, 6) is 0.514. The van der Waals surface area contributed by atoms with Crippen LogP contribution in [0.3, 0.4) is 0 Å². The van der Waals surface area contributed by atoms with Crippen molar-refractivity contribution in [2.24, 2.45) is 5.92 Å². The minimum atomic E-state index is 0.190. The van der Waals surface area contributed by atoms with E-state index in [-0.39, 0.29) is 5.92 Å². The van der Waals surface area contributed by atoms with Crippen molar-refractivity contribution in [3.63, 3.8) is 0 Å². The van der Waals surface area contributed by atoms with Crippen LogP contribution in [0.1, 0.15) is 22.9 Å². The maximum absolute atomic E-state index is 12.5. The molecule has 0 spiro atoms. The van der Waals surface area contributed by atoms with Crippen LogP contribution in [-0.4, -0.2) is 65.3 Å². The quantitative estimate of drug-likeness (QED) is 0.831. The van der Waals surface area contributed by atoms with Crippen LogP contribution in [0, 0.1) is 12.8 Å². The SMILES string of the molecule is Cc1nnc(CN2CCC(C(=O)N3CCOCC3)CC2)s1. The van der Waals surface area contributed by atoms with Gasteiger partial charge in [0.1, 0.15) is 10.0 Å². The number of carbonyl (C=O) groups excluding carboxylic acids is 1. The van der Waals surface area contributed by atoms with Gasteiger partial charge in [-0.05, 0) is 32.9 Å². The fourth-order valence-corrected chi connectivity index (χ4v) is 3.72. The second-order valence-corrected chi connectivity index (χ2v) is 6.97. The van der Waals surface area contributed by atoms with Crippen molar-refractivity contribution in [1.29, 1.82) is 0 Å². The fourth-order valence-electron chi connectivity index (χ4n) is 2.97. The second-order valence-electron chi connectivity index (χ2n) is 5.70. The molecule has 0 radical (unpaired) electrons. The van der Waals surface area contributed by atoms with Gasteiger partial charge in [-0.1, -0.05) is 0 Å². The average molecular weight is 310 g/mol. The van der Waals surface area contributed by atoms with Gasteiger partial charge in [0.2, 0.25) is 5.91 Å². The molecule has 6 nitrogen and oxygen atoms in total. The molecule has 7 heteroatoms. The molecule has 0 bridgehead atoms. The normalized spacial score (nSPS) is 21.7. The second kappa shape index (κ2) is 6.81. The zero-order chi connectivity index (χ0) is 14.7. The molecule has 0 aromatic carbocycles. The highest BCUT2D eigenvalue weighted by Gasteiger charge is 2.29. The summed E-state index contributed by atoms with van der Waals surface area (Å²) in [5, 5.41) is 10.3. The van der Waals surface area contributed by atoms with E-state index >= 15 is 0 Å². The molecule has 3 rings (SSSR count). The summed E-state index contributed by atoms with van der Waals surface area (Å²) in [5.41, 5.74) is 0. The molecular weight excluding hydrogens is 288 g/mol. The lowest BCUT2D eigenvalue weighted by Crippen LogP contribution is -2.46. The van der Waals surface area contributed by atoms with Gasteiger partial charge in [-0.2, -0.15) is 0 Å². The number of rotatable bonds is 3. The third-order valence-electron chi connectivity index (χ3n) is 4.19. The minimum absolute atomic E-state index is 0.190. The van der Waals surface area contributed by atoms with E-state index in [9.17, 15) is 4.79 Å². The van der Waals surface area contributed by atoms with Crippen LogP contribution in [0.5, 0.6) is 0 Å². The van der Waals surface area contributed by atoms with Crippen molar-refractivity contribution < 1.29 is 9.53 Å². The van der Waals surface area contributed by atoms with E-state index in [1.807, 2.05) is 11.8 Å². The minimum Gasteiger partial charge on any atom is -0.378 e. The Hall–Kier alpha value is -1.05. The number of aryl methyl sites for hydroxylation is 1. The van der Waals surface area contributed by atoms with Crippen molar-refractivity contribution in [1.82, 2.24) is 20.0 Å². The van der Waals surface area contributed by atoms with Crippen LogP contribution >= 0.6 is 11.3 Å². The van der Waals surface area contributed by atoms with Crippen molar-refractivity contribution in [2.45, 2.75) is 26.3 Å². The van der Waals surface area contributed by atoms with Crippen LogP contribution in [0.4, 0.5) is 0 Å². The molecule has 0 atom stereocenters. The van der Waals surface area contributed by atoms with E-state index in [4.69, 9.17) is 4.74 Å². The van der Waals surface area contributed by atoms with Crippen molar-refractivity contribution in [3.05, 3.63) is 10.0 Å². The predicted octanol–water partition coefficient (Wildman–Crippen LogP) is 0.917. The Labute approximate surface area is 129 Å². The highest BCUT2D eigenvalue weighted by atomic mass is 32.1.